The normalized spacial score (nSPS) is 7.54. The van der Waals surface area contributed by atoms with Crippen LogP contribution in [0.3, 0.4) is 0 Å². The van der Waals surface area contributed by atoms with Crippen molar-refractivity contribution in [3.63, 3.8) is 0 Å². The molecule has 162 valence electrons. The molecule has 4 N–H and O–H groups in total. The first-order valence-electron chi connectivity index (χ1n) is 7.95. The SMILES string of the molecule is CCCC(=O)O.CCCC(=O)O.CCCC(=O)O.CCCC(=O)O.[Rh].[Rh]. The molecule has 0 unspecified atom stereocenters. The van der Waals surface area contributed by atoms with Crippen LogP contribution in [0.2, 0.25) is 0 Å². The van der Waals surface area contributed by atoms with Gasteiger partial charge in [0.25, 0.3) is 0 Å². The molecule has 0 rings (SSSR count). The molecular weight excluding hydrogens is 526 g/mol. The maximum atomic E-state index is 9.60. The molecule has 0 spiro atoms. The molecule has 0 fully saturated rings. The average Bonchev–Trinajstić information content (AvgIpc) is 2.39. The van der Waals surface area contributed by atoms with Gasteiger partial charge < -0.3 is 20.4 Å². The van der Waals surface area contributed by atoms with Crippen LogP contribution >= 0.6 is 0 Å². The van der Waals surface area contributed by atoms with Gasteiger partial charge in [-0.25, -0.2) is 0 Å². The smallest absolute Gasteiger partial charge is 0.303 e. The zero-order chi connectivity index (χ0) is 20.0. The van der Waals surface area contributed by atoms with Gasteiger partial charge in [0.05, 0.1) is 0 Å². The molecule has 0 aromatic heterocycles. The molecule has 0 aliphatic heterocycles. The van der Waals surface area contributed by atoms with Crippen LogP contribution in [0.25, 0.3) is 0 Å². The van der Waals surface area contributed by atoms with Crippen molar-refractivity contribution in [3.05, 3.63) is 0 Å². The van der Waals surface area contributed by atoms with E-state index in [0.717, 1.165) is 25.7 Å². The number of hydrogen-bond acceptors (Lipinski definition) is 4. The maximum Gasteiger partial charge on any atom is 0.303 e. The first-order valence-corrected chi connectivity index (χ1v) is 7.95. The summed E-state index contributed by atoms with van der Waals surface area (Å²) in [7, 11) is 0. The molecule has 0 saturated heterocycles. The Kier molecular flexibility index (Phi) is 54.2. The Morgan fingerprint density at radius 3 is 0.577 bits per heavy atom. The summed E-state index contributed by atoms with van der Waals surface area (Å²) in [5.74, 6) is -2.84. The molecule has 0 bridgehead atoms. The Morgan fingerprint density at radius 2 is 0.577 bits per heavy atom. The van der Waals surface area contributed by atoms with Crippen molar-refractivity contribution < 1.29 is 78.6 Å². The van der Waals surface area contributed by atoms with Gasteiger partial charge in [-0.15, -0.1) is 0 Å². The predicted molar refractivity (Wildman–Crippen MR) is 90.2 cm³/mol. The molecule has 0 amide bonds. The quantitative estimate of drug-likeness (QED) is 0.331. The Labute approximate surface area is 181 Å². The number of hydrogen-bond donors (Lipinski definition) is 4. The molecule has 0 aromatic carbocycles. The molecule has 0 heterocycles. The van der Waals surface area contributed by atoms with Crippen LogP contribution < -0.4 is 0 Å². The van der Waals surface area contributed by atoms with Crippen molar-refractivity contribution >= 4 is 23.9 Å². The largest absolute Gasteiger partial charge is 0.481 e. The Balaban J connectivity index is -0.0000000500. The van der Waals surface area contributed by atoms with Crippen molar-refractivity contribution in [1.29, 1.82) is 0 Å². The van der Waals surface area contributed by atoms with Crippen LogP contribution in [0.5, 0.6) is 0 Å². The molecule has 0 saturated carbocycles. The summed E-state index contributed by atoms with van der Waals surface area (Å²) >= 11 is 0. The first kappa shape index (κ1) is 40.0. The molecule has 0 aliphatic rings. The summed E-state index contributed by atoms with van der Waals surface area (Å²) in [6.45, 7) is 7.37. The molecule has 8 nitrogen and oxygen atoms in total. The molecule has 0 aliphatic carbocycles. The van der Waals surface area contributed by atoms with Crippen molar-refractivity contribution in [2.24, 2.45) is 0 Å². The molecule has 0 atom stereocenters. The van der Waals surface area contributed by atoms with Crippen molar-refractivity contribution in [3.8, 4) is 0 Å². The van der Waals surface area contributed by atoms with Gasteiger partial charge in [-0.2, -0.15) is 0 Å². The Morgan fingerprint density at radius 1 is 0.462 bits per heavy atom. The minimum atomic E-state index is -0.711. The summed E-state index contributed by atoms with van der Waals surface area (Å²) in [5.41, 5.74) is 0. The predicted octanol–water partition coefficient (Wildman–Crippen LogP) is 3.48. The second-order valence-electron chi connectivity index (χ2n) is 4.57. The third-order valence-electron chi connectivity index (χ3n) is 1.86. The summed E-state index contributed by atoms with van der Waals surface area (Å²) < 4.78 is 0. The van der Waals surface area contributed by atoms with E-state index in [0.29, 0.717) is 25.7 Å². The third-order valence-corrected chi connectivity index (χ3v) is 1.86. The van der Waals surface area contributed by atoms with E-state index in [9.17, 15) is 19.2 Å². The monoisotopic (exact) mass is 558 g/mol. The fraction of sp³-hybridized carbons (Fsp3) is 0.750. The first-order chi connectivity index (χ1) is 11.1. The number of carbonyl (C=O) groups is 4. The van der Waals surface area contributed by atoms with Crippen molar-refractivity contribution in [2.45, 2.75) is 79.1 Å². The maximum absolute atomic E-state index is 9.60. The zero-order valence-electron chi connectivity index (χ0n) is 15.7. The summed E-state index contributed by atoms with van der Waals surface area (Å²) in [4.78, 5) is 38.4. The van der Waals surface area contributed by atoms with E-state index in [1.54, 1.807) is 0 Å². The standard InChI is InChI=1S/4C4H8O2.2Rh/c4*1-2-3-4(5)6;;/h4*2-3H2,1H3,(H,5,6);;. The van der Waals surface area contributed by atoms with Crippen LogP contribution in [0.1, 0.15) is 79.1 Å². The fourth-order valence-corrected chi connectivity index (χ4v) is 0.855. The zero-order valence-corrected chi connectivity index (χ0v) is 19.0. The van der Waals surface area contributed by atoms with E-state index >= 15 is 0 Å². The van der Waals surface area contributed by atoms with Crippen LogP contribution in [-0.4, -0.2) is 44.3 Å². The average molecular weight is 558 g/mol. The van der Waals surface area contributed by atoms with Gasteiger partial charge in [-0.3, -0.25) is 19.2 Å². The minimum Gasteiger partial charge on any atom is -0.481 e. The second kappa shape index (κ2) is 35.3. The van der Waals surface area contributed by atoms with E-state index in [1.165, 1.54) is 0 Å². The van der Waals surface area contributed by atoms with Gasteiger partial charge >= 0.3 is 23.9 Å². The minimum absolute atomic E-state index is 0. The fourth-order valence-electron chi connectivity index (χ4n) is 0.855. The van der Waals surface area contributed by atoms with E-state index in [4.69, 9.17) is 20.4 Å². The van der Waals surface area contributed by atoms with Crippen LogP contribution in [0.15, 0.2) is 0 Å². The topological polar surface area (TPSA) is 149 Å². The van der Waals surface area contributed by atoms with Gasteiger partial charge in [-0.05, 0) is 25.7 Å². The van der Waals surface area contributed by atoms with Crippen LogP contribution in [0.4, 0.5) is 0 Å². The second-order valence-corrected chi connectivity index (χ2v) is 4.57. The van der Waals surface area contributed by atoms with E-state index < -0.39 is 23.9 Å². The number of aliphatic carboxylic acids is 4. The van der Waals surface area contributed by atoms with E-state index in [2.05, 4.69) is 0 Å². The van der Waals surface area contributed by atoms with Gasteiger partial charge in [0.1, 0.15) is 0 Å². The molecular formula is C16H32O8Rh2. The Hall–Kier alpha value is -0.873. The van der Waals surface area contributed by atoms with Crippen molar-refractivity contribution in [2.75, 3.05) is 0 Å². The molecule has 10 heteroatoms. The summed E-state index contributed by atoms with van der Waals surface area (Å²) in [6, 6.07) is 0. The van der Waals surface area contributed by atoms with Crippen LogP contribution in [-0.2, 0) is 58.1 Å². The third kappa shape index (κ3) is 91.5. The van der Waals surface area contributed by atoms with Gasteiger partial charge in [0.2, 0.25) is 0 Å². The number of carboxylic acids is 4. The van der Waals surface area contributed by atoms with Crippen molar-refractivity contribution in [1.82, 2.24) is 0 Å². The number of carboxylic acid groups (broad SMARTS) is 4. The number of rotatable bonds is 8. The van der Waals surface area contributed by atoms with E-state index in [-0.39, 0.29) is 39.0 Å². The molecule has 26 heavy (non-hydrogen) atoms. The Bertz CT molecular complexity index is 272. The summed E-state index contributed by atoms with van der Waals surface area (Å²) in [5, 5.41) is 31.7. The van der Waals surface area contributed by atoms with Gasteiger partial charge in [-0.1, -0.05) is 27.7 Å². The van der Waals surface area contributed by atoms with Gasteiger partial charge in [0, 0.05) is 64.6 Å². The molecule has 0 aromatic rings. The van der Waals surface area contributed by atoms with Gasteiger partial charge in [0.15, 0.2) is 0 Å². The summed E-state index contributed by atoms with van der Waals surface area (Å²) in [6.07, 6.45) is 4.09. The van der Waals surface area contributed by atoms with Crippen LogP contribution in [0, 0.1) is 0 Å². The molecule has 2 radical (unpaired) electrons. The van der Waals surface area contributed by atoms with E-state index in [1.807, 2.05) is 27.7 Å².